The zero-order valence-corrected chi connectivity index (χ0v) is 14.0. The molecule has 0 saturated carbocycles. The summed E-state index contributed by atoms with van der Waals surface area (Å²) in [4.78, 5) is 22.7. The van der Waals surface area contributed by atoms with Crippen LogP contribution in [0.1, 0.15) is 5.56 Å². The van der Waals surface area contributed by atoms with Gasteiger partial charge in [-0.1, -0.05) is 6.07 Å². The van der Waals surface area contributed by atoms with Crippen LogP contribution in [-0.4, -0.2) is 43.6 Å². The normalized spacial score (nSPS) is 13.1. The summed E-state index contributed by atoms with van der Waals surface area (Å²) in [6, 6.07) is 0.344. The SMILES string of the molecule is COC(=O)/C=C(/Nc1ccc(C(O)(C(F)(F)F)C(F)(F)F)cc1F)C(=O)OC. The Morgan fingerprint density at radius 2 is 1.57 bits per heavy atom. The van der Waals surface area contributed by atoms with E-state index in [1.54, 1.807) is 0 Å². The van der Waals surface area contributed by atoms with E-state index in [-0.39, 0.29) is 12.1 Å². The number of esters is 2. The van der Waals surface area contributed by atoms with E-state index >= 15 is 0 Å². The van der Waals surface area contributed by atoms with Gasteiger partial charge in [0.1, 0.15) is 11.5 Å². The van der Waals surface area contributed by atoms with E-state index in [1.165, 1.54) is 0 Å². The Morgan fingerprint density at radius 1 is 1.04 bits per heavy atom. The van der Waals surface area contributed by atoms with Crippen LogP contribution in [0, 0.1) is 5.82 Å². The molecule has 0 spiro atoms. The Balaban J connectivity index is 3.41. The Morgan fingerprint density at radius 3 is 1.96 bits per heavy atom. The second kappa shape index (κ2) is 8.04. The van der Waals surface area contributed by atoms with Gasteiger partial charge in [-0.05, 0) is 12.1 Å². The molecule has 0 saturated heterocycles. The highest BCUT2D eigenvalue weighted by atomic mass is 19.4. The molecule has 2 N–H and O–H groups in total. The molecule has 0 aliphatic carbocycles. The fourth-order valence-corrected chi connectivity index (χ4v) is 1.91. The molecule has 0 radical (unpaired) electrons. The molecule has 1 aromatic carbocycles. The first-order chi connectivity index (χ1) is 12.7. The van der Waals surface area contributed by atoms with Gasteiger partial charge in [-0.25, -0.2) is 14.0 Å². The van der Waals surface area contributed by atoms with Gasteiger partial charge in [0, 0.05) is 5.56 Å². The number of rotatable bonds is 5. The molecule has 1 aromatic rings. The van der Waals surface area contributed by atoms with E-state index < -0.39 is 52.7 Å². The monoisotopic (exact) mass is 419 g/mol. The molecular weight excluding hydrogens is 407 g/mol. The minimum Gasteiger partial charge on any atom is -0.466 e. The van der Waals surface area contributed by atoms with Crippen LogP contribution in [-0.2, 0) is 24.7 Å². The van der Waals surface area contributed by atoms with E-state index in [2.05, 4.69) is 9.47 Å². The highest BCUT2D eigenvalue weighted by Gasteiger charge is 2.71. The zero-order valence-electron chi connectivity index (χ0n) is 14.0. The second-order valence-corrected chi connectivity index (χ2v) is 5.10. The first-order valence-electron chi connectivity index (χ1n) is 6.99. The van der Waals surface area contributed by atoms with Crippen LogP contribution in [0.3, 0.4) is 0 Å². The maximum Gasteiger partial charge on any atom is 0.430 e. The molecule has 13 heteroatoms. The lowest BCUT2D eigenvalue weighted by Gasteiger charge is -2.32. The number of carbonyl (C=O) groups is 2. The van der Waals surface area contributed by atoms with Crippen LogP contribution in [0.15, 0.2) is 30.0 Å². The van der Waals surface area contributed by atoms with Gasteiger partial charge in [0.15, 0.2) is 0 Å². The van der Waals surface area contributed by atoms with Crippen LogP contribution in [0.25, 0.3) is 0 Å². The third-order valence-corrected chi connectivity index (χ3v) is 3.35. The van der Waals surface area contributed by atoms with Crippen LogP contribution in [0.2, 0.25) is 0 Å². The highest BCUT2D eigenvalue weighted by molar-refractivity contribution is 5.98. The van der Waals surface area contributed by atoms with Gasteiger partial charge in [0.25, 0.3) is 5.60 Å². The summed E-state index contributed by atoms with van der Waals surface area (Å²) >= 11 is 0. The molecule has 1 rings (SSSR count). The average molecular weight is 419 g/mol. The van der Waals surface area contributed by atoms with Crippen LogP contribution >= 0.6 is 0 Å². The van der Waals surface area contributed by atoms with Gasteiger partial charge in [-0.15, -0.1) is 0 Å². The van der Waals surface area contributed by atoms with Crippen LogP contribution in [0.5, 0.6) is 0 Å². The summed E-state index contributed by atoms with van der Waals surface area (Å²) in [5.41, 5.74) is -8.67. The number of aliphatic hydroxyl groups is 1. The molecule has 0 unspecified atom stereocenters. The quantitative estimate of drug-likeness (QED) is 0.434. The summed E-state index contributed by atoms with van der Waals surface area (Å²) in [5, 5.41) is 11.2. The number of nitrogens with one attached hydrogen (secondary N) is 1. The maximum absolute atomic E-state index is 14.1. The molecule has 156 valence electrons. The molecule has 0 fully saturated rings. The van der Waals surface area contributed by atoms with E-state index in [0.717, 1.165) is 14.2 Å². The smallest absolute Gasteiger partial charge is 0.430 e. The summed E-state index contributed by atoms with van der Waals surface area (Å²) in [7, 11) is 1.83. The van der Waals surface area contributed by atoms with Crippen LogP contribution < -0.4 is 5.32 Å². The number of hydrogen-bond acceptors (Lipinski definition) is 6. The van der Waals surface area contributed by atoms with Gasteiger partial charge in [-0.2, -0.15) is 26.3 Å². The summed E-state index contributed by atoms with van der Waals surface area (Å²) in [6.07, 6.45) is -11.9. The fourth-order valence-electron chi connectivity index (χ4n) is 1.91. The first kappa shape index (κ1) is 23.2. The van der Waals surface area contributed by atoms with Crippen molar-refractivity contribution in [2.24, 2.45) is 0 Å². The van der Waals surface area contributed by atoms with Crippen molar-refractivity contribution in [3.63, 3.8) is 0 Å². The molecule has 0 aliphatic rings. The molecule has 0 amide bonds. The fraction of sp³-hybridized carbons (Fsp3) is 0.333. The summed E-state index contributed by atoms with van der Waals surface area (Å²) < 4.78 is 99.6. The third-order valence-electron chi connectivity index (χ3n) is 3.35. The number of ether oxygens (including phenoxy) is 2. The Bertz CT molecular complexity index is 772. The van der Waals surface area contributed by atoms with Crippen molar-refractivity contribution in [3.8, 4) is 0 Å². The maximum atomic E-state index is 14.1. The Labute approximate surface area is 152 Å². The largest absolute Gasteiger partial charge is 0.466 e. The van der Waals surface area contributed by atoms with Crippen LogP contribution in [0.4, 0.5) is 36.4 Å². The van der Waals surface area contributed by atoms with Gasteiger partial charge in [0.2, 0.25) is 0 Å². The topological polar surface area (TPSA) is 84.9 Å². The number of methoxy groups -OCH3 is 2. The minimum atomic E-state index is -6.20. The van der Waals surface area contributed by atoms with Gasteiger partial charge < -0.3 is 19.9 Å². The predicted octanol–water partition coefficient (Wildman–Crippen LogP) is 2.78. The van der Waals surface area contributed by atoms with Crippen molar-refractivity contribution in [2.75, 3.05) is 19.5 Å². The van der Waals surface area contributed by atoms with Crippen molar-refractivity contribution in [1.29, 1.82) is 0 Å². The van der Waals surface area contributed by atoms with E-state index in [4.69, 9.17) is 0 Å². The molecule has 0 aliphatic heterocycles. The standard InChI is InChI=1S/C15H12F7NO5/c1-27-11(24)6-10(12(25)28-2)23-9-4-3-7(5-8(9)16)13(26,14(17,18)19)15(20,21)22/h3-6,23,26H,1-2H3/b10-6+. The number of hydrogen-bond donors (Lipinski definition) is 2. The van der Waals surface area contributed by atoms with Crippen molar-refractivity contribution in [2.45, 2.75) is 18.0 Å². The van der Waals surface area contributed by atoms with Crippen molar-refractivity contribution < 1.29 is 54.9 Å². The lowest BCUT2D eigenvalue weighted by molar-refractivity contribution is -0.376. The van der Waals surface area contributed by atoms with Gasteiger partial charge in [-0.3, -0.25) is 0 Å². The summed E-state index contributed by atoms with van der Waals surface area (Å²) in [5.74, 6) is -3.99. The lowest BCUT2D eigenvalue weighted by atomic mass is 9.92. The average Bonchev–Trinajstić information content (AvgIpc) is 2.58. The summed E-state index contributed by atoms with van der Waals surface area (Å²) in [6.45, 7) is 0. The molecule has 0 heterocycles. The van der Waals surface area contributed by atoms with Gasteiger partial charge in [0.05, 0.1) is 26.0 Å². The minimum absolute atomic E-state index is 0.152. The number of halogens is 7. The Kier molecular flexibility index (Phi) is 6.67. The number of anilines is 1. The first-order valence-corrected chi connectivity index (χ1v) is 6.99. The molecule has 0 aromatic heterocycles. The number of benzene rings is 1. The van der Waals surface area contributed by atoms with E-state index in [1.807, 2.05) is 5.32 Å². The Hall–Kier alpha value is -2.83. The molecule has 0 atom stereocenters. The third kappa shape index (κ3) is 4.52. The van der Waals surface area contributed by atoms with Gasteiger partial charge >= 0.3 is 24.3 Å². The zero-order chi connectivity index (χ0) is 21.9. The molecule has 0 bridgehead atoms. The number of carbonyl (C=O) groups excluding carboxylic acids is 2. The van der Waals surface area contributed by atoms with Crippen molar-refractivity contribution in [1.82, 2.24) is 0 Å². The molecule has 6 nitrogen and oxygen atoms in total. The predicted molar refractivity (Wildman–Crippen MR) is 78.1 cm³/mol. The molecular formula is C15H12F7NO5. The lowest BCUT2D eigenvalue weighted by Crippen LogP contribution is -2.53. The number of alkyl halides is 6. The van der Waals surface area contributed by atoms with Crippen molar-refractivity contribution in [3.05, 3.63) is 41.4 Å². The highest BCUT2D eigenvalue weighted by Crippen LogP contribution is 2.50. The van der Waals surface area contributed by atoms with E-state index in [9.17, 15) is 45.4 Å². The molecule has 28 heavy (non-hydrogen) atoms. The van der Waals surface area contributed by atoms with E-state index in [0.29, 0.717) is 12.1 Å². The van der Waals surface area contributed by atoms with Crippen molar-refractivity contribution >= 4 is 17.6 Å². The second-order valence-electron chi connectivity index (χ2n) is 5.10.